The van der Waals surface area contributed by atoms with Gasteiger partial charge in [0.15, 0.2) is 11.6 Å². The van der Waals surface area contributed by atoms with Crippen molar-refractivity contribution in [2.24, 2.45) is 5.92 Å². The number of benzene rings is 4. The van der Waals surface area contributed by atoms with Crippen LogP contribution < -0.4 is 4.90 Å². The molecule has 4 heteroatoms. The Hall–Kier alpha value is -4.02. The van der Waals surface area contributed by atoms with Gasteiger partial charge in [-0.25, -0.2) is 0 Å². The molecule has 0 saturated heterocycles. The third-order valence-electron chi connectivity index (χ3n) is 7.02. The summed E-state index contributed by atoms with van der Waals surface area (Å²) in [5, 5.41) is 3.46. The van der Waals surface area contributed by atoms with Crippen LogP contribution in [0.2, 0.25) is 0 Å². The van der Waals surface area contributed by atoms with E-state index in [1.165, 1.54) is 21.9 Å². The maximum Gasteiger partial charge on any atom is 0.174 e. The molecular formula is C32H25NO2S. The number of thiophene rings is 1. The molecule has 0 N–H and O–H groups in total. The summed E-state index contributed by atoms with van der Waals surface area (Å²) in [5.41, 5.74) is 5.73. The molecule has 0 fully saturated rings. The second-order valence-corrected chi connectivity index (χ2v) is 10.5. The summed E-state index contributed by atoms with van der Waals surface area (Å²) in [6.45, 7) is 4.23. The van der Waals surface area contributed by atoms with Crippen molar-refractivity contribution in [3.05, 3.63) is 124 Å². The minimum Gasteiger partial charge on any atom is -0.301 e. The second kappa shape index (κ2) is 8.89. The molecule has 1 aromatic heterocycles. The summed E-state index contributed by atoms with van der Waals surface area (Å²) < 4.78 is 0. The summed E-state index contributed by atoms with van der Waals surface area (Å²) in [5.74, 6) is -0.766. The fourth-order valence-electron chi connectivity index (χ4n) is 5.10. The quantitative estimate of drug-likeness (QED) is 0.234. The lowest BCUT2D eigenvalue weighted by atomic mass is 9.99. The minimum absolute atomic E-state index is 0.0644. The lowest BCUT2D eigenvalue weighted by molar-refractivity contribution is 0.0839. The maximum absolute atomic E-state index is 13.0. The number of aryl methyl sites for hydroxylation is 2. The summed E-state index contributed by atoms with van der Waals surface area (Å²) >= 11 is 1.64. The molecule has 1 aliphatic carbocycles. The first kappa shape index (κ1) is 22.4. The highest BCUT2D eigenvalue weighted by atomic mass is 32.1. The number of fused-ring (bicyclic) bond motifs is 2. The molecule has 0 bridgehead atoms. The van der Waals surface area contributed by atoms with Gasteiger partial charge in [0, 0.05) is 27.1 Å². The maximum atomic E-state index is 13.0. The summed E-state index contributed by atoms with van der Waals surface area (Å²) in [4.78, 5) is 29.3. The van der Waals surface area contributed by atoms with Crippen molar-refractivity contribution in [3.8, 4) is 0 Å². The number of carbonyl (C=O) groups excluding carboxylic acids is 2. The van der Waals surface area contributed by atoms with E-state index in [2.05, 4.69) is 91.5 Å². The molecule has 0 unspecified atom stereocenters. The average molecular weight is 488 g/mol. The summed E-state index contributed by atoms with van der Waals surface area (Å²) in [7, 11) is 0. The number of nitrogens with zero attached hydrogens (tertiary/aromatic N) is 1. The fourth-order valence-corrected chi connectivity index (χ4v) is 6.18. The van der Waals surface area contributed by atoms with E-state index in [4.69, 9.17) is 0 Å². The van der Waals surface area contributed by atoms with Crippen LogP contribution >= 0.6 is 11.3 Å². The van der Waals surface area contributed by atoms with Crippen LogP contribution in [0.25, 0.3) is 10.8 Å². The first-order valence-corrected chi connectivity index (χ1v) is 12.9. The van der Waals surface area contributed by atoms with Crippen LogP contribution in [0.15, 0.2) is 97.1 Å². The molecule has 6 rings (SSSR count). The molecule has 3 nitrogen and oxygen atoms in total. The SMILES string of the molecule is Cc1ccc(N(c2ccc(CC3C(=O)c4ccccc4C3=O)s2)c2ccc(C)c3ccccc23)cc1. The molecule has 0 spiro atoms. The van der Waals surface area contributed by atoms with Gasteiger partial charge in [0.2, 0.25) is 0 Å². The Bertz CT molecular complexity index is 1600. The van der Waals surface area contributed by atoms with Gasteiger partial charge in [-0.3, -0.25) is 9.59 Å². The Labute approximate surface area is 214 Å². The number of ketones is 2. The minimum atomic E-state index is -0.637. The zero-order valence-corrected chi connectivity index (χ0v) is 21.0. The number of Topliss-reactive ketones (excluding diaryl/α,β-unsaturated/α-hetero) is 2. The third-order valence-corrected chi connectivity index (χ3v) is 8.11. The van der Waals surface area contributed by atoms with Crippen molar-refractivity contribution in [3.63, 3.8) is 0 Å². The molecule has 0 amide bonds. The highest BCUT2D eigenvalue weighted by Crippen LogP contribution is 2.43. The van der Waals surface area contributed by atoms with Gasteiger partial charge in [-0.15, -0.1) is 11.3 Å². The van der Waals surface area contributed by atoms with E-state index >= 15 is 0 Å². The van der Waals surface area contributed by atoms with Crippen LogP contribution in [0.1, 0.15) is 36.7 Å². The Morgan fingerprint density at radius 2 is 1.33 bits per heavy atom. The molecule has 1 heterocycles. The zero-order valence-electron chi connectivity index (χ0n) is 20.2. The van der Waals surface area contributed by atoms with Gasteiger partial charge in [-0.1, -0.05) is 72.3 Å². The van der Waals surface area contributed by atoms with Crippen LogP contribution in [0.3, 0.4) is 0 Å². The number of hydrogen-bond donors (Lipinski definition) is 0. The van der Waals surface area contributed by atoms with Crippen LogP contribution in [0.4, 0.5) is 16.4 Å². The van der Waals surface area contributed by atoms with Crippen molar-refractivity contribution < 1.29 is 9.59 Å². The largest absolute Gasteiger partial charge is 0.301 e. The van der Waals surface area contributed by atoms with Crippen LogP contribution in [-0.4, -0.2) is 11.6 Å². The number of rotatable bonds is 5. The van der Waals surface area contributed by atoms with Gasteiger partial charge in [-0.05, 0) is 61.5 Å². The molecule has 0 aliphatic heterocycles. The fraction of sp³-hybridized carbons (Fsp3) is 0.125. The van der Waals surface area contributed by atoms with Gasteiger partial charge in [-0.2, -0.15) is 0 Å². The first-order valence-electron chi connectivity index (χ1n) is 12.1. The van der Waals surface area contributed by atoms with E-state index in [1.54, 1.807) is 23.5 Å². The lowest BCUT2D eigenvalue weighted by Gasteiger charge is -2.26. The predicted octanol–water partition coefficient (Wildman–Crippen LogP) is 8.23. The van der Waals surface area contributed by atoms with Crippen molar-refractivity contribution in [1.29, 1.82) is 0 Å². The van der Waals surface area contributed by atoms with Gasteiger partial charge >= 0.3 is 0 Å². The highest BCUT2D eigenvalue weighted by molar-refractivity contribution is 7.16. The highest BCUT2D eigenvalue weighted by Gasteiger charge is 2.38. The van der Waals surface area contributed by atoms with Gasteiger partial charge < -0.3 is 4.90 Å². The van der Waals surface area contributed by atoms with Crippen LogP contribution in [0, 0.1) is 19.8 Å². The molecule has 0 atom stereocenters. The zero-order chi connectivity index (χ0) is 24.8. The van der Waals surface area contributed by atoms with Crippen LogP contribution in [0.5, 0.6) is 0 Å². The monoisotopic (exact) mass is 487 g/mol. The van der Waals surface area contributed by atoms with E-state index in [0.29, 0.717) is 17.5 Å². The van der Waals surface area contributed by atoms with E-state index in [1.807, 2.05) is 12.1 Å². The second-order valence-electron chi connectivity index (χ2n) is 9.39. The van der Waals surface area contributed by atoms with Crippen molar-refractivity contribution in [1.82, 2.24) is 0 Å². The van der Waals surface area contributed by atoms with Crippen molar-refractivity contribution in [2.75, 3.05) is 4.90 Å². The normalized spacial score (nSPS) is 13.4. The smallest absolute Gasteiger partial charge is 0.174 e. The predicted molar refractivity (Wildman–Crippen MR) is 148 cm³/mol. The number of hydrogen-bond acceptors (Lipinski definition) is 4. The Morgan fingerprint density at radius 1 is 0.694 bits per heavy atom. The number of carbonyl (C=O) groups is 2. The van der Waals surface area contributed by atoms with Crippen molar-refractivity contribution in [2.45, 2.75) is 20.3 Å². The molecule has 1 aliphatic rings. The summed E-state index contributed by atoms with van der Waals surface area (Å²) in [6.07, 6.45) is 0.424. The lowest BCUT2D eigenvalue weighted by Crippen LogP contribution is -2.17. The Kier molecular flexibility index (Phi) is 5.54. The van der Waals surface area contributed by atoms with E-state index in [9.17, 15) is 9.59 Å². The Balaban J connectivity index is 1.41. The van der Waals surface area contributed by atoms with E-state index in [-0.39, 0.29) is 11.6 Å². The van der Waals surface area contributed by atoms with Gasteiger partial charge in [0.25, 0.3) is 0 Å². The molecule has 5 aromatic rings. The molecule has 0 saturated carbocycles. The van der Waals surface area contributed by atoms with Gasteiger partial charge in [0.05, 0.1) is 11.6 Å². The van der Waals surface area contributed by atoms with Crippen molar-refractivity contribution >= 4 is 50.1 Å². The molecule has 176 valence electrons. The van der Waals surface area contributed by atoms with E-state index < -0.39 is 5.92 Å². The number of anilines is 3. The first-order chi connectivity index (χ1) is 17.5. The third kappa shape index (κ3) is 3.75. The summed E-state index contributed by atoms with van der Waals surface area (Å²) in [6, 6.07) is 32.7. The Morgan fingerprint density at radius 3 is 2.03 bits per heavy atom. The topological polar surface area (TPSA) is 37.4 Å². The molecule has 0 radical (unpaired) electrons. The molecule has 4 aromatic carbocycles. The van der Waals surface area contributed by atoms with Crippen LogP contribution in [-0.2, 0) is 6.42 Å². The molecular weight excluding hydrogens is 462 g/mol. The standard InChI is InChI=1S/C32H25NO2S/c1-20-11-14-22(15-12-20)33(29-17-13-21(2)24-7-3-4-8-25(24)29)30-18-16-23(36-30)19-28-31(34)26-9-5-6-10-27(26)32(28)35/h3-18,28H,19H2,1-2H3. The molecule has 36 heavy (non-hydrogen) atoms. The van der Waals surface area contributed by atoms with E-state index in [0.717, 1.165) is 21.3 Å². The average Bonchev–Trinajstić information content (AvgIpc) is 3.46. The van der Waals surface area contributed by atoms with Gasteiger partial charge in [0.1, 0.15) is 5.00 Å².